The van der Waals surface area contributed by atoms with E-state index in [0.717, 1.165) is 17.7 Å². The van der Waals surface area contributed by atoms with E-state index in [2.05, 4.69) is 15.0 Å². The van der Waals surface area contributed by atoms with Crippen molar-refractivity contribution in [3.63, 3.8) is 0 Å². The molecular formula is C21H21Cl2N5O3S. The largest absolute Gasteiger partial charge is 0.340 e. The summed E-state index contributed by atoms with van der Waals surface area (Å²) in [4.78, 5) is 14.1. The van der Waals surface area contributed by atoms with Crippen molar-refractivity contribution in [1.29, 1.82) is 0 Å². The molecule has 1 amide bonds. The third-order valence-electron chi connectivity index (χ3n) is 5.29. The molecule has 2 heterocycles. The molecule has 11 heteroatoms. The predicted molar refractivity (Wildman–Crippen MR) is 122 cm³/mol. The summed E-state index contributed by atoms with van der Waals surface area (Å²) in [5, 5.41) is 8.51. The number of sulfonamides is 1. The third-order valence-corrected chi connectivity index (χ3v) is 7.70. The van der Waals surface area contributed by atoms with E-state index in [1.54, 1.807) is 15.6 Å². The van der Waals surface area contributed by atoms with Crippen molar-refractivity contribution >= 4 is 39.1 Å². The summed E-state index contributed by atoms with van der Waals surface area (Å²) in [6.45, 7) is 1.03. The first kappa shape index (κ1) is 22.7. The van der Waals surface area contributed by atoms with Crippen LogP contribution in [0.5, 0.6) is 0 Å². The van der Waals surface area contributed by atoms with Crippen molar-refractivity contribution in [3.8, 4) is 11.3 Å². The van der Waals surface area contributed by atoms with Crippen molar-refractivity contribution < 1.29 is 13.2 Å². The minimum absolute atomic E-state index is 0.0284. The summed E-state index contributed by atoms with van der Waals surface area (Å²) in [6.07, 6.45) is 2.67. The summed E-state index contributed by atoms with van der Waals surface area (Å²) < 4.78 is 29.2. The number of nitrogens with one attached hydrogen (secondary N) is 1. The Hall–Kier alpha value is -2.46. The second kappa shape index (κ2) is 9.58. The zero-order valence-electron chi connectivity index (χ0n) is 17.0. The van der Waals surface area contributed by atoms with E-state index in [4.69, 9.17) is 23.2 Å². The van der Waals surface area contributed by atoms with Crippen LogP contribution in [0.2, 0.25) is 10.0 Å². The van der Waals surface area contributed by atoms with Gasteiger partial charge in [0.25, 0.3) is 0 Å². The zero-order valence-corrected chi connectivity index (χ0v) is 19.3. The molecule has 1 unspecified atom stereocenters. The normalized spacial score (nSPS) is 16.4. The number of likely N-dealkylation sites (tertiary alicyclic amines) is 1. The number of carbonyl (C=O) groups is 1. The van der Waals surface area contributed by atoms with Crippen LogP contribution in [0.4, 0.5) is 0 Å². The molecule has 0 radical (unpaired) electrons. The van der Waals surface area contributed by atoms with E-state index in [-0.39, 0.29) is 39.9 Å². The molecule has 1 N–H and O–H groups in total. The first-order valence-corrected chi connectivity index (χ1v) is 12.3. The summed E-state index contributed by atoms with van der Waals surface area (Å²) in [7, 11) is -3.93. The lowest BCUT2D eigenvalue weighted by Gasteiger charge is -2.17. The van der Waals surface area contributed by atoms with E-state index in [9.17, 15) is 13.2 Å². The molecule has 1 saturated heterocycles. The van der Waals surface area contributed by atoms with Crippen molar-refractivity contribution in [2.45, 2.75) is 23.8 Å². The molecule has 168 valence electrons. The highest BCUT2D eigenvalue weighted by molar-refractivity contribution is 7.89. The Kier molecular flexibility index (Phi) is 6.80. The highest BCUT2D eigenvalue weighted by Gasteiger charge is 2.29. The first-order valence-electron chi connectivity index (χ1n) is 10.0. The van der Waals surface area contributed by atoms with Gasteiger partial charge in [0.15, 0.2) is 0 Å². The van der Waals surface area contributed by atoms with E-state index < -0.39 is 10.0 Å². The Bertz CT molecular complexity index is 1200. The Morgan fingerprint density at radius 2 is 1.81 bits per heavy atom. The SMILES string of the molecule is O=C(CCNS(=O)(=O)c1c(Cl)cccc1Cl)N1CCC(n2cc(-c3ccccc3)nn2)C1. The fourth-order valence-electron chi connectivity index (χ4n) is 3.64. The number of halogens is 2. The Labute approximate surface area is 196 Å². The lowest BCUT2D eigenvalue weighted by atomic mass is 10.2. The number of amides is 1. The van der Waals surface area contributed by atoms with Crippen LogP contribution in [0.1, 0.15) is 18.9 Å². The average Bonchev–Trinajstić information content (AvgIpc) is 3.44. The van der Waals surface area contributed by atoms with Gasteiger partial charge in [-0.3, -0.25) is 4.79 Å². The molecule has 8 nitrogen and oxygen atoms in total. The second-order valence-electron chi connectivity index (χ2n) is 7.43. The fourth-order valence-corrected chi connectivity index (χ4v) is 5.81. The van der Waals surface area contributed by atoms with Crippen LogP contribution in [0.15, 0.2) is 59.6 Å². The molecular weight excluding hydrogens is 473 g/mol. The molecule has 1 fully saturated rings. The fraction of sp³-hybridized carbons (Fsp3) is 0.286. The number of hydrogen-bond donors (Lipinski definition) is 1. The van der Waals surface area contributed by atoms with Gasteiger partial charge in [-0.2, -0.15) is 0 Å². The number of carbonyl (C=O) groups excluding carboxylic acids is 1. The summed E-state index contributed by atoms with van der Waals surface area (Å²) in [6, 6.07) is 14.3. The molecule has 0 aliphatic carbocycles. The maximum absolute atomic E-state index is 12.6. The van der Waals surface area contributed by atoms with Crippen molar-refractivity contribution in [1.82, 2.24) is 24.6 Å². The van der Waals surface area contributed by atoms with Gasteiger partial charge in [0.05, 0.1) is 22.3 Å². The molecule has 2 aromatic carbocycles. The molecule has 4 rings (SSSR count). The van der Waals surface area contributed by atoms with E-state index >= 15 is 0 Å². The zero-order chi connectivity index (χ0) is 22.7. The number of rotatable bonds is 7. The summed E-state index contributed by atoms with van der Waals surface area (Å²) in [5.41, 5.74) is 1.76. The molecule has 1 aliphatic heterocycles. The smallest absolute Gasteiger partial charge is 0.243 e. The van der Waals surface area contributed by atoms with Crippen LogP contribution < -0.4 is 4.72 Å². The van der Waals surface area contributed by atoms with Gasteiger partial charge in [0.2, 0.25) is 15.9 Å². The molecule has 1 aliphatic rings. The van der Waals surface area contributed by atoms with Crippen LogP contribution in [-0.4, -0.2) is 53.9 Å². The van der Waals surface area contributed by atoms with Crippen molar-refractivity contribution in [2.75, 3.05) is 19.6 Å². The second-order valence-corrected chi connectivity index (χ2v) is 9.95. The molecule has 0 saturated carbocycles. The van der Waals surface area contributed by atoms with E-state index in [1.165, 1.54) is 12.1 Å². The number of aromatic nitrogens is 3. The van der Waals surface area contributed by atoms with Gasteiger partial charge < -0.3 is 4.90 Å². The topological polar surface area (TPSA) is 97.2 Å². The van der Waals surface area contributed by atoms with E-state index in [1.807, 2.05) is 36.5 Å². The highest BCUT2D eigenvalue weighted by Crippen LogP contribution is 2.29. The van der Waals surface area contributed by atoms with Crippen LogP contribution >= 0.6 is 23.2 Å². The summed E-state index contributed by atoms with van der Waals surface area (Å²) in [5.74, 6) is -0.135. The third kappa shape index (κ3) is 4.96. The van der Waals surface area contributed by atoms with Crippen molar-refractivity contribution in [3.05, 3.63) is 64.8 Å². The number of benzene rings is 2. The van der Waals surface area contributed by atoms with Gasteiger partial charge in [-0.05, 0) is 18.6 Å². The standard InChI is InChI=1S/C21H21Cl2N5O3S/c22-17-7-4-8-18(23)21(17)32(30,31)24-11-9-20(29)27-12-10-16(13-27)28-14-19(25-26-28)15-5-2-1-3-6-15/h1-8,14,16,24H,9-13H2. The van der Waals surface area contributed by atoms with Crippen LogP contribution in [0.25, 0.3) is 11.3 Å². The van der Waals surface area contributed by atoms with Gasteiger partial charge in [0, 0.05) is 31.6 Å². The Morgan fingerprint density at radius 1 is 1.09 bits per heavy atom. The molecule has 32 heavy (non-hydrogen) atoms. The van der Waals surface area contributed by atoms with Crippen LogP contribution in [0, 0.1) is 0 Å². The molecule has 1 aromatic heterocycles. The molecule has 0 spiro atoms. The van der Waals surface area contributed by atoms with Crippen molar-refractivity contribution in [2.24, 2.45) is 0 Å². The minimum atomic E-state index is -3.93. The van der Waals surface area contributed by atoms with Crippen LogP contribution in [0.3, 0.4) is 0 Å². The lowest BCUT2D eigenvalue weighted by molar-refractivity contribution is -0.130. The Morgan fingerprint density at radius 3 is 2.53 bits per heavy atom. The lowest BCUT2D eigenvalue weighted by Crippen LogP contribution is -2.33. The first-order chi connectivity index (χ1) is 15.3. The summed E-state index contributed by atoms with van der Waals surface area (Å²) >= 11 is 12.0. The monoisotopic (exact) mass is 493 g/mol. The van der Waals surface area contributed by atoms with Gasteiger partial charge in [-0.25, -0.2) is 17.8 Å². The molecule has 0 bridgehead atoms. The van der Waals surface area contributed by atoms with Gasteiger partial charge in [0.1, 0.15) is 10.6 Å². The van der Waals surface area contributed by atoms with Gasteiger partial charge >= 0.3 is 0 Å². The quantitative estimate of drug-likeness (QED) is 0.543. The predicted octanol–water partition coefficient (Wildman–Crippen LogP) is 3.39. The number of nitrogens with zero attached hydrogens (tertiary/aromatic N) is 4. The highest BCUT2D eigenvalue weighted by atomic mass is 35.5. The van der Waals surface area contributed by atoms with Gasteiger partial charge in [-0.1, -0.05) is 64.8 Å². The molecule has 1 atom stereocenters. The minimum Gasteiger partial charge on any atom is -0.340 e. The number of hydrogen-bond acceptors (Lipinski definition) is 5. The Balaban J connectivity index is 1.31. The van der Waals surface area contributed by atoms with Gasteiger partial charge in [-0.15, -0.1) is 5.10 Å². The van der Waals surface area contributed by atoms with Crippen LogP contribution in [-0.2, 0) is 14.8 Å². The molecule has 3 aromatic rings. The average molecular weight is 494 g/mol. The van der Waals surface area contributed by atoms with E-state index in [0.29, 0.717) is 13.1 Å². The maximum Gasteiger partial charge on any atom is 0.243 e. The maximum atomic E-state index is 12.6.